The van der Waals surface area contributed by atoms with E-state index < -0.39 is 0 Å². The molecule has 1 saturated heterocycles. The summed E-state index contributed by atoms with van der Waals surface area (Å²) < 4.78 is -0.315. The molecule has 4 unspecified atom stereocenters. The van der Waals surface area contributed by atoms with E-state index in [2.05, 4.69) is 26.1 Å². The van der Waals surface area contributed by atoms with Crippen LogP contribution in [0.25, 0.3) is 0 Å². The molecule has 19 heavy (non-hydrogen) atoms. The Balaban J connectivity index is 1.69. The Morgan fingerprint density at radius 2 is 2.21 bits per heavy atom. The molecule has 0 aromatic rings. The molecule has 106 valence electrons. The third-order valence-electron chi connectivity index (χ3n) is 4.80. The summed E-state index contributed by atoms with van der Waals surface area (Å²) in [6, 6.07) is 0.475. The number of aliphatic imine (C=N–C) groups is 1. The van der Waals surface area contributed by atoms with Gasteiger partial charge in [0.15, 0.2) is 5.17 Å². The van der Waals surface area contributed by atoms with Crippen molar-refractivity contribution in [1.82, 2.24) is 5.32 Å². The van der Waals surface area contributed by atoms with E-state index >= 15 is 0 Å². The van der Waals surface area contributed by atoms with Gasteiger partial charge in [0, 0.05) is 0 Å². The number of rotatable bonds is 3. The van der Waals surface area contributed by atoms with Crippen LogP contribution in [0.2, 0.25) is 0 Å². The Morgan fingerprint density at radius 3 is 2.79 bits per heavy atom. The highest BCUT2D eigenvalue weighted by molar-refractivity contribution is 8.16. The summed E-state index contributed by atoms with van der Waals surface area (Å²) in [6.07, 6.45) is 6.26. The standard InChI is InChI=1S/C15H24N2OS/c1-9(2)8-15(3)13(18)17-14(19-15)16-12-7-10-4-5-11(12)6-10/h9-12H,4-8H2,1-3H3,(H,16,17,18). The molecule has 0 spiro atoms. The molecule has 2 aliphatic carbocycles. The summed E-state index contributed by atoms with van der Waals surface area (Å²) in [6.45, 7) is 6.39. The fraction of sp³-hybridized carbons (Fsp3) is 0.867. The van der Waals surface area contributed by atoms with Crippen LogP contribution in [0.4, 0.5) is 0 Å². The molecule has 1 N–H and O–H groups in total. The second kappa shape index (κ2) is 4.80. The van der Waals surface area contributed by atoms with Gasteiger partial charge in [-0.3, -0.25) is 9.79 Å². The van der Waals surface area contributed by atoms with Crippen LogP contribution in [0.1, 0.15) is 52.9 Å². The number of carbonyl (C=O) groups is 1. The van der Waals surface area contributed by atoms with Gasteiger partial charge < -0.3 is 5.32 Å². The van der Waals surface area contributed by atoms with E-state index in [4.69, 9.17) is 4.99 Å². The van der Waals surface area contributed by atoms with Crippen LogP contribution >= 0.6 is 11.8 Å². The summed E-state index contributed by atoms with van der Waals surface area (Å²) >= 11 is 1.65. The lowest BCUT2D eigenvalue weighted by molar-refractivity contribution is -0.121. The number of amides is 1. The maximum absolute atomic E-state index is 12.2. The first-order valence-corrected chi connectivity index (χ1v) is 8.36. The Labute approximate surface area is 120 Å². The lowest BCUT2D eigenvalue weighted by atomic mass is 9.96. The first-order valence-electron chi connectivity index (χ1n) is 7.54. The zero-order valence-electron chi connectivity index (χ0n) is 12.1. The van der Waals surface area contributed by atoms with Crippen molar-refractivity contribution in [1.29, 1.82) is 0 Å². The molecule has 2 saturated carbocycles. The number of hydrogen-bond donors (Lipinski definition) is 1. The molecule has 0 aromatic heterocycles. The molecule has 1 heterocycles. The van der Waals surface area contributed by atoms with E-state index in [9.17, 15) is 4.79 Å². The lowest BCUT2D eigenvalue weighted by Crippen LogP contribution is -2.35. The number of amidine groups is 1. The molecule has 1 aliphatic heterocycles. The number of thioether (sulfide) groups is 1. The first-order chi connectivity index (χ1) is 8.96. The Hall–Kier alpha value is -0.510. The van der Waals surface area contributed by atoms with Crippen LogP contribution in [0.15, 0.2) is 4.99 Å². The molecule has 3 fully saturated rings. The highest BCUT2D eigenvalue weighted by Gasteiger charge is 2.44. The smallest absolute Gasteiger partial charge is 0.242 e. The molecule has 3 rings (SSSR count). The van der Waals surface area contributed by atoms with Gasteiger partial charge >= 0.3 is 0 Å². The van der Waals surface area contributed by atoms with Gasteiger partial charge in [-0.15, -0.1) is 0 Å². The highest BCUT2D eigenvalue weighted by atomic mass is 32.2. The second-order valence-electron chi connectivity index (χ2n) is 7.06. The lowest BCUT2D eigenvalue weighted by Gasteiger charge is -2.21. The molecule has 1 amide bonds. The zero-order valence-corrected chi connectivity index (χ0v) is 12.9. The van der Waals surface area contributed by atoms with Crippen molar-refractivity contribution in [3.63, 3.8) is 0 Å². The fourth-order valence-corrected chi connectivity index (χ4v) is 5.33. The number of carbonyl (C=O) groups excluding carboxylic acids is 1. The summed E-state index contributed by atoms with van der Waals surface area (Å²) in [5.74, 6) is 2.37. The molecule has 0 radical (unpaired) electrons. The predicted molar refractivity (Wildman–Crippen MR) is 80.3 cm³/mol. The van der Waals surface area contributed by atoms with E-state index in [-0.39, 0.29) is 10.7 Å². The van der Waals surface area contributed by atoms with Crippen LogP contribution in [0, 0.1) is 17.8 Å². The fourth-order valence-electron chi connectivity index (χ4n) is 4.01. The average Bonchev–Trinajstić information content (AvgIpc) is 2.94. The van der Waals surface area contributed by atoms with Gasteiger partial charge in [0.1, 0.15) is 0 Å². The molecular weight excluding hydrogens is 256 g/mol. The average molecular weight is 280 g/mol. The van der Waals surface area contributed by atoms with Gasteiger partial charge in [0.05, 0.1) is 10.8 Å². The van der Waals surface area contributed by atoms with E-state index in [0.717, 1.165) is 23.4 Å². The minimum absolute atomic E-state index is 0.146. The van der Waals surface area contributed by atoms with Crippen molar-refractivity contribution in [2.24, 2.45) is 22.7 Å². The van der Waals surface area contributed by atoms with Crippen molar-refractivity contribution in [3.05, 3.63) is 0 Å². The number of fused-ring (bicyclic) bond motifs is 2. The topological polar surface area (TPSA) is 41.5 Å². The van der Waals surface area contributed by atoms with Gasteiger partial charge in [0.25, 0.3) is 0 Å². The zero-order chi connectivity index (χ0) is 13.6. The monoisotopic (exact) mass is 280 g/mol. The van der Waals surface area contributed by atoms with E-state index in [1.54, 1.807) is 11.8 Å². The third-order valence-corrected chi connectivity index (χ3v) is 6.01. The summed E-state index contributed by atoms with van der Waals surface area (Å²) in [5, 5.41) is 3.89. The summed E-state index contributed by atoms with van der Waals surface area (Å²) in [7, 11) is 0. The van der Waals surface area contributed by atoms with Crippen LogP contribution in [-0.4, -0.2) is 21.9 Å². The number of nitrogens with zero attached hydrogens (tertiary/aromatic N) is 1. The molecule has 3 aliphatic rings. The molecule has 0 aromatic carbocycles. The van der Waals surface area contributed by atoms with Crippen molar-refractivity contribution in [2.45, 2.75) is 63.7 Å². The number of hydrogen-bond acceptors (Lipinski definition) is 3. The maximum Gasteiger partial charge on any atom is 0.242 e. The second-order valence-corrected chi connectivity index (χ2v) is 8.55. The largest absolute Gasteiger partial charge is 0.304 e. The quantitative estimate of drug-likeness (QED) is 0.862. The third kappa shape index (κ3) is 2.56. The minimum Gasteiger partial charge on any atom is -0.304 e. The Kier molecular flexibility index (Phi) is 3.40. The van der Waals surface area contributed by atoms with E-state index in [1.165, 1.54) is 25.7 Å². The van der Waals surface area contributed by atoms with Gasteiger partial charge in [-0.2, -0.15) is 0 Å². The molecule has 4 atom stereocenters. The minimum atomic E-state index is -0.315. The molecular formula is C15H24N2OS. The normalized spacial score (nSPS) is 43.5. The molecule has 3 nitrogen and oxygen atoms in total. The van der Waals surface area contributed by atoms with Gasteiger partial charge in [-0.1, -0.05) is 32.0 Å². The Bertz CT molecular complexity index is 420. The van der Waals surface area contributed by atoms with Crippen LogP contribution in [0.5, 0.6) is 0 Å². The van der Waals surface area contributed by atoms with Crippen LogP contribution < -0.4 is 5.32 Å². The van der Waals surface area contributed by atoms with Crippen molar-refractivity contribution in [2.75, 3.05) is 0 Å². The highest BCUT2D eigenvalue weighted by Crippen LogP contribution is 2.47. The van der Waals surface area contributed by atoms with Gasteiger partial charge in [-0.05, 0) is 50.4 Å². The molecule has 2 bridgehead atoms. The van der Waals surface area contributed by atoms with Gasteiger partial charge in [0.2, 0.25) is 5.91 Å². The van der Waals surface area contributed by atoms with Crippen LogP contribution in [-0.2, 0) is 4.79 Å². The summed E-state index contributed by atoms with van der Waals surface area (Å²) in [5.41, 5.74) is 0. The van der Waals surface area contributed by atoms with E-state index in [0.29, 0.717) is 12.0 Å². The van der Waals surface area contributed by atoms with Crippen molar-refractivity contribution < 1.29 is 4.79 Å². The molecule has 4 heteroatoms. The maximum atomic E-state index is 12.2. The Morgan fingerprint density at radius 1 is 1.42 bits per heavy atom. The first kappa shape index (κ1) is 13.5. The van der Waals surface area contributed by atoms with Crippen molar-refractivity contribution >= 4 is 22.8 Å². The predicted octanol–water partition coefficient (Wildman–Crippen LogP) is 3.20. The van der Waals surface area contributed by atoms with Gasteiger partial charge in [-0.25, -0.2) is 0 Å². The SMILES string of the molecule is CC(C)CC1(C)SC(=NC2CC3CCC2C3)NC1=O. The van der Waals surface area contributed by atoms with Crippen LogP contribution in [0.3, 0.4) is 0 Å². The van der Waals surface area contributed by atoms with Crippen molar-refractivity contribution in [3.8, 4) is 0 Å². The van der Waals surface area contributed by atoms with E-state index in [1.807, 2.05) is 0 Å². The summed E-state index contributed by atoms with van der Waals surface area (Å²) in [4.78, 5) is 17.0. The number of nitrogens with one attached hydrogen (secondary N) is 1.